The maximum absolute atomic E-state index is 11.7. The van der Waals surface area contributed by atoms with Crippen LogP contribution >= 0.6 is 0 Å². The molecular weight excluding hydrogens is 346 g/mol. The van der Waals surface area contributed by atoms with E-state index in [1.165, 1.54) is 6.07 Å². The number of carboxylic acids is 1. The van der Waals surface area contributed by atoms with Crippen molar-refractivity contribution in [1.29, 1.82) is 0 Å². The molecule has 0 aromatic heterocycles. The Labute approximate surface area is 158 Å². The van der Waals surface area contributed by atoms with Crippen LogP contribution in [0, 0.1) is 10.1 Å². The molecule has 0 spiro atoms. The largest absolute Gasteiger partial charge is 0.486 e. The SMILES string of the molecule is CCCCOc1c(-c2ccccc2)cc(C(C)CCC(=O)O)cc1[N+](=O)[O-]. The molecule has 27 heavy (non-hydrogen) atoms. The van der Waals surface area contributed by atoms with Gasteiger partial charge in [-0.1, -0.05) is 50.6 Å². The van der Waals surface area contributed by atoms with Gasteiger partial charge < -0.3 is 9.84 Å². The first-order chi connectivity index (χ1) is 12.9. The summed E-state index contributed by atoms with van der Waals surface area (Å²) in [5.74, 6) is -0.722. The number of hydrogen-bond acceptors (Lipinski definition) is 4. The third kappa shape index (κ3) is 5.54. The van der Waals surface area contributed by atoms with Gasteiger partial charge in [-0.15, -0.1) is 0 Å². The molecule has 0 saturated heterocycles. The van der Waals surface area contributed by atoms with Crippen LogP contribution in [-0.2, 0) is 4.79 Å². The average Bonchev–Trinajstić information content (AvgIpc) is 2.66. The summed E-state index contributed by atoms with van der Waals surface area (Å²) in [5, 5.41) is 20.6. The van der Waals surface area contributed by atoms with Crippen LogP contribution in [0.2, 0.25) is 0 Å². The Bertz CT molecular complexity index is 789. The van der Waals surface area contributed by atoms with E-state index in [-0.39, 0.29) is 23.8 Å². The minimum absolute atomic E-state index is 0.0182. The van der Waals surface area contributed by atoms with Crippen LogP contribution in [0.25, 0.3) is 11.1 Å². The Morgan fingerprint density at radius 3 is 2.56 bits per heavy atom. The number of ether oxygens (including phenoxy) is 1. The summed E-state index contributed by atoms with van der Waals surface area (Å²) in [6, 6.07) is 12.8. The van der Waals surface area contributed by atoms with Gasteiger partial charge in [-0.25, -0.2) is 0 Å². The summed E-state index contributed by atoms with van der Waals surface area (Å²) in [5.41, 5.74) is 2.16. The number of carbonyl (C=O) groups is 1. The molecule has 6 nitrogen and oxygen atoms in total. The van der Waals surface area contributed by atoms with E-state index in [9.17, 15) is 14.9 Å². The summed E-state index contributed by atoms with van der Waals surface area (Å²) in [4.78, 5) is 22.2. The topological polar surface area (TPSA) is 89.7 Å². The van der Waals surface area contributed by atoms with E-state index < -0.39 is 10.9 Å². The highest BCUT2D eigenvalue weighted by Crippen LogP contribution is 2.41. The number of nitrogens with zero attached hydrogens (tertiary/aromatic N) is 1. The summed E-state index contributed by atoms with van der Waals surface area (Å²) in [7, 11) is 0. The number of unbranched alkanes of at least 4 members (excludes halogenated alkanes) is 1. The second-order valence-electron chi connectivity index (χ2n) is 6.58. The van der Waals surface area contributed by atoms with Crippen molar-refractivity contribution in [3.05, 3.63) is 58.1 Å². The maximum atomic E-state index is 11.7. The standard InChI is InChI=1S/C21H25NO5/c1-3-4-12-27-21-18(16-8-6-5-7-9-16)13-17(14-19(21)22(25)26)15(2)10-11-20(23)24/h5-9,13-15H,3-4,10-12H2,1-2H3,(H,23,24). The van der Waals surface area contributed by atoms with Crippen LogP contribution in [0.4, 0.5) is 5.69 Å². The van der Waals surface area contributed by atoms with Crippen molar-refractivity contribution in [2.75, 3.05) is 6.61 Å². The van der Waals surface area contributed by atoms with Gasteiger partial charge in [-0.2, -0.15) is 0 Å². The molecule has 0 saturated carbocycles. The smallest absolute Gasteiger partial charge is 0.311 e. The number of nitro groups is 1. The van der Waals surface area contributed by atoms with Crippen LogP contribution in [0.5, 0.6) is 5.75 Å². The van der Waals surface area contributed by atoms with Crippen molar-refractivity contribution < 1.29 is 19.6 Å². The lowest BCUT2D eigenvalue weighted by Gasteiger charge is -2.17. The predicted molar refractivity (Wildman–Crippen MR) is 104 cm³/mol. The van der Waals surface area contributed by atoms with Gasteiger partial charge in [0, 0.05) is 18.1 Å². The van der Waals surface area contributed by atoms with Crippen LogP contribution in [-0.4, -0.2) is 22.6 Å². The molecule has 0 fully saturated rings. The third-order valence-corrected chi connectivity index (χ3v) is 4.48. The molecule has 2 rings (SSSR count). The molecule has 0 bridgehead atoms. The fraction of sp³-hybridized carbons (Fsp3) is 0.381. The molecule has 1 N–H and O–H groups in total. The van der Waals surface area contributed by atoms with Crippen molar-refractivity contribution in [3.8, 4) is 16.9 Å². The van der Waals surface area contributed by atoms with Crippen molar-refractivity contribution in [2.24, 2.45) is 0 Å². The van der Waals surface area contributed by atoms with E-state index >= 15 is 0 Å². The molecule has 144 valence electrons. The van der Waals surface area contributed by atoms with Gasteiger partial charge in [-0.05, 0) is 36.0 Å². The number of carboxylic acid groups (broad SMARTS) is 1. The van der Waals surface area contributed by atoms with Crippen LogP contribution in [0.15, 0.2) is 42.5 Å². The van der Waals surface area contributed by atoms with Gasteiger partial charge in [-0.3, -0.25) is 14.9 Å². The summed E-state index contributed by atoms with van der Waals surface area (Å²) in [6.45, 7) is 4.32. The minimum atomic E-state index is -0.876. The molecule has 0 radical (unpaired) electrons. The highest BCUT2D eigenvalue weighted by atomic mass is 16.6. The zero-order valence-electron chi connectivity index (χ0n) is 15.7. The normalized spacial score (nSPS) is 11.8. The van der Waals surface area contributed by atoms with Crippen molar-refractivity contribution in [2.45, 2.75) is 45.4 Å². The zero-order chi connectivity index (χ0) is 19.8. The second-order valence-corrected chi connectivity index (χ2v) is 6.58. The van der Waals surface area contributed by atoms with Crippen molar-refractivity contribution in [1.82, 2.24) is 0 Å². The van der Waals surface area contributed by atoms with Gasteiger partial charge >= 0.3 is 11.7 Å². The molecule has 0 aliphatic rings. The summed E-state index contributed by atoms with van der Waals surface area (Å²) in [6.07, 6.45) is 2.17. The number of rotatable bonds is 10. The molecule has 6 heteroatoms. The second kappa shape index (κ2) is 9.71. The Balaban J connectivity index is 2.53. The number of aliphatic carboxylic acids is 1. The van der Waals surface area contributed by atoms with Crippen molar-refractivity contribution >= 4 is 11.7 Å². The Hall–Kier alpha value is -2.89. The monoisotopic (exact) mass is 371 g/mol. The van der Waals surface area contributed by atoms with Crippen LogP contribution in [0.1, 0.15) is 51.0 Å². The fourth-order valence-corrected chi connectivity index (χ4v) is 2.86. The molecule has 1 atom stereocenters. The molecule has 1 unspecified atom stereocenters. The van der Waals surface area contributed by atoms with Gasteiger partial charge in [0.05, 0.1) is 11.5 Å². The van der Waals surface area contributed by atoms with Gasteiger partial charge in [0.15, 0.2) is 0 Å². The average molecular weight is 371 g/mol. The molecule has 0 aliphatic carbocycles. The fourth-order valence-electron chi connectivity index (χ4n) is 2.86. The lowest BCUT2D eigenvalue weighted by atomic mass is 9.91. The van der Waals surface area contributed by atoms with E-state index in [1.54, 1.807) is 0 Å². The number of hydrogen-bond donors (Lipinski definition) is 1. The molecule has 0 amide bonds. The molecule has 0 heterocycles. The van der Waals surface area contributed by atoms with E-state index in [4.69, 9.17) is 9.84 Å². The minimum Gasteiger partial charge on any atom is -0.486 e. The van der Waals surface area contributed by atoms with Crippen molar-refractivity contribution in [3.63, 3.8) is 0 Å². The lowest BCUT2D eigenvalue weighted by molar-refractivity contribution is -0.385. The Kier molecular flexibility index (Phi) is 7.34. The first-order valence-corrected chi connectivity index (χ1v) is 9.16. The quantitative estimate of drug-likeness (QED) is 0.343. The number of benzene rings is 2. The Morgan fingerprint density at radius 2 is 1.96 bits per heavy atom. The Morgan fingerprint density at radius 1 is 1.26 bits per heavy atom. The van der Waals surface area contributed by atoms with Crippen LogP contribution < -0.4 is 4.74 Å². The molecule has 2 aromatic rings. The summed E-state index contributed by atoms with van der Waals surface area (Å²) >= 11 is 0. The van der Waals surface area contributed by atoms with E-state index in [0.29, 0.717) is 18.6 Å². The van der Waals surface area contributed by atoms with E-state index in [2.05, 4.69) is 0 Å². The third-order valence-electron chi connectivity index (χ3n) is 4.48. The highest BCUT2D eigenvalue weighted by Gasteiger charge is 2.24. The van der Waals surface area contributed by atoms with E-state index in [0.717, 1.165) is 24.0 Å². The van der Waals surface area contributed by atoms with Gasteiger partial charge in [0.25, 0.3) is 0 Å². The summed E-state index contributed by atoms with van der Waals surface area (Å²) < 4.78 is 5.82. The first-order valence-electron chi connectivity index (χ1n) is 9.16. The molecule has 0 aliphatic heterocycles. The highest BCUT2D eigenvalue weighted by molar-refractivity contribution is 5.77. The molecular formula is C21H25NO5. The van der Waals surface area contributed by atoms with Gasteiger partial charge in [0.1, 0.15) is 0 Å². The lowest BCUT2D eigenvalue weighted by Crippen LogP contribution is -2.05. The predicted octanol–water partition coefficient (Wildman–Crippen LogP) is 5.41. The van der Waals surface area contributed by atoms with E-state index in [1.807, 2.05) is 50.2 Å². The zero-order valence-corrected chi connectivity index (χ0v) is 15.7. The first kappa shape index (κ1) is 20.4. The molecule has 2 aromatic carbocycles. The van der Waals surface area contributed by atoms with Gasteiger partial charge in [0.2, 0.25) is 5.75 Å². The number of nitro benzene ring substituents is 1. The maximum Gasteiger partial charge on any atom is 0.311 e. The van der Waals surface area contributed by atoms with Crippen LogP contribution in [0.3, 0.4) is 0 Å².